The maximum atomic E-state index is 11.9. The van der Waals surface area contributed by atoms with Crippen molar-refractivity contribution in [3.8, 4) is 0 Å². The van der Waals surface area contributed by atoms with Crippen molar-refractivity contribution >= 4 is 11.9 Å². The maximum Gasteiger partial charge on any atom is 0.310 e. The Morgan fingerprint density at radius 2 is 1.90 bits per heavy atom. The number of carbonyl (C=O) groups excluding carboxylic acids is 1. The molecule has 1 rings (SSSR count). The number of nitrogens with zero attached hydrogens (tertiary/aromatic N) is 2. The molecule has 0 radical (unpaired) electrons. The van der Waals surface area contributed by atoms with Crippen molar-refractivity contribution in [2.45, 2.75) is 32.7 Å². The van der Waals surface area contributed by atoms with Gasteiger partial charge in [-0.05, 0) is 33.9 Å². The van der Waals surface area contributed by atoms with Gasteiger partial charge in [0.2, 0.25) is 5.91 Å². The number of hydrogen-bond acceptors (Lipinski definition) is 4. The van der Waals surface area contributed by atoms with Gasteiger partial charge in [0.05, 0.1) is 19.1 Å². The molecule has 1 fully saturated rings. The third kappa shape index (κ3) is 4.45. The fourth-order valence-electron chi connectivity index (χ4n) is 2.59. The summed E-state index contributed by atoms with van der Waals surface area (Å²) >= 11 is 0. The second kappa shape index (κ2) is 8.21. The van der Waals surface area contributed by atoms with Gasteiger partial charge in [0.1, 0.15) is 0 Å². The first-order valence-electron chi connectivity index (χ1n) is 7.29. The normalized spacial score (nSPS) is 22.2. The molecule has 0 aromatic rings. The van der Waals surface area contributed by atoms with E-state index in [0.29, 0.717) is 19.6 Å². The first kappa shape index (κ1) is 16.9. The van der Waals surface area contributed by atoms with Crippen molar-refractivity contribution in [2.24, 2.45) is 5.92 Å². The summed E-state index contributed by atoms with van der Waals surface area (Å²) < 4.78 is 5.25. The van der Waals surface area contributed by atoms with Crippen LogP contribution in [0.25, 0.3) is 0 Å². The van der Waals surface area contributed by atoms with Crippen LogP contribution in [0, 0.1) is 5.92 Å². The lowest BCUT2D eigenvalue weighted by atomic mass is 10.0. The lowest BCUT2D eigenvalue weighted by Crippen LogP contribution is -2.41. The number of aliphatic carboxylic acids is 1. The molecule has 6 heteroatoms. The molecule has 0 bridgehead atoms. The fraction of sp³-hybridized carbons (Fsp3) is 0.857. The average molecular weight is 286 g/mol. The van der Waals surface area contributed by atoms with E-state index in [1.54, 1.807) is 0 Å². The van der Waals surface area contributed by atoms with Gasteiger partial charge in [-0.3, -0.25) is 9.59 Å². The topological polar surface area (TPSA) is 70.1 Å². The summed E-state index contributed by atoms with van der Waals surface area (Å²) in [7, 11) is 1.90. The Morgan fingerprint density at radius 1 is 1.25 bits per heavy atom. The Morgan fingerprint density at radius 3 is 2.45 bits per heavy atom. The summed E-state index contributed by atoms with van der Waals surface area (Å²) in [5.41, 5.74) is 0. The van der Waals surface area contributed by atoms with Crippen molar-refractivity contribution in [3.63, 3.8) is 0 Å². The predicted octanol–water partition coefficient (Wildman–Crippen LogP) is 0.666. The monoisotopic (exact) mass is 286 g/mol. The highest BCUT2D eigenvalue weighted by molar-refractivity contribution is 5.76. The van der Waals surface area contributed by atoms with Gasteiger partial charge >= 0.3 is 5.97 Å². The number of rotatable bonds is 8. The molecule has 1 amide bonds. The van der Waals surface area contributed by atoms with Crippen molar-refractivity contribution in [3.05, 3.63) is 0 Å². The highest BCUT2D eigenvalue weighted by atomic mass is 16.5. The van der Waals surface area contributed by atoms with Crippen molar-refractivity contribution < 1.29 is 19.4 Å². The highest BCUT2D eigenvalue weighted by Crippen LogP contribution is 2.19. The van der Waals surface area contributed by atoms with Crippen molar-refractivity contribution in [1.82, 2.24) is 9.80 Å². The number of carboxylic acid groups (broad SMARTS) is 1. The molecule has 1 heterocycles. The minimum atomic E-state index is -0.807. The molecule has 2 atom stereocenters. The zero-order valence-corrected chi connectivity index (χ0v) is 12.7. The van der Waals surface area contributed by atoms with Crippen LogP contribution in [0.2, 0.25) is 0 Å². The summed E-state index contributed by atoms with van der Waals surface area (Å²) in [6.07, 6.45) is 1.26. The third-order valence-corrected chi connectivity index (χ3v) is 3.95. The molecule has 1 aliphatic heterocycles. The van der Waals surface area contributed by atoms with Crippen molar-refractivity contribution in [2.75, 3.05) is 39.9 Å². The average Bonchev–Trinajstić information content (AvgIpc) is 2.89. The van der Waals surface area contributed by atoms with E-state index in [4.69, 9.17) is 9.84 Å². The van der Waals surface area contributed by atoms with E-state index in [9.17, 15) is 9.59 Å². The standard InChI is InChI=1S/C14H26N2O4/c1-4-16(5-2)13(17)7-6-8-15(3)12-10-20-9-11(12)14(18)19/h11-12H,4-10H2,1-3H3,(H,18,19). The number of carboxylic acids is 1. The zero-order valence-electron chi connectivity index (χ0n) is 12.7. The molecular formula is C14H26N2O4. The Bertz CT molecular complexity index is 331. The van der Waals surface area contributed by atoms with E-state index >= 15 is 0 Å². The molecule has 6 nitrogen and oxygen atoms in total. The minimum Gasteiger partial charge on any atom is -0.481 e. The molecule has 0 aliphatic carbocycles. The van der Waals surface area contributed by atoms with Crippen LogP contribution < -0.4 is 0 Å². The Balaban J connectivity index is 2.34. The molecule has 20 heavy (non-hydrogen) atoms. The molecule has 1 saturated heterocycles. The van der Waals surface area contributed by atoms with Gasteiger partial charge in [-0.25, -0.2) is 0 Å². The van der Waals surface area contributed by atoms with Gasteiger partial charge in [0.15, 0.2) is 0 Å². The van der Waals surface area contributed by atoms with E-state index in [1.165, 1.54) is 0 Å². The van der Waals surface area contributed by atoms with E-state index in [2.05, 4.69) is 0 Å². The smallest absolute Gasteiger partial charge is 0.310 e. The number of likely N-dealkylation sites (N-methyl/N-ethyl adjacent to an activating group) is 1. The Hall–Kier alpha value is -1.14. The third-order valence-electron chi connectivity index (χ3n) is 3.95. The van der Waals surface area contributed by atoms with E-state index in [0.717, 1.165) is 19.5 Å². The molecule has 0 saturated carbocycles. The number of ether oxygens (including phenoxy) is 1. The van der Waals surface area contributed by atoms with Crippen LogP contribution in [0.3, 0.4) is 0 Å². The maximum absolute atomic E-state index is 11.9. The van der Waals surface area contributed by atoms with Gasteiger partial charge in [0, 0.05) is 25.6 Å². The number of hydrogen-bond donors (Lipinski definition) is 1. The summed E-state index contributed by atoms with van der Waals surface area (Å²) in [5, 5.41) is 9.12. The van der Waals surface area contributed by atoms with Gasteiger partial charge < -0.3 is 19.6 Å². The van der Waals surface area contributed by atoms with Crippen LogP contribution in [0.5, 0.6) is 0 Å². The van der Waals surface area contributed by atoms with Crippen LogP contribution in [-0.4, -0.2) is 72.7 Å². The lowest BCUT2D eigenvalue weighted by molar-refractivity contribution is -0.143. The van der Waals surface area contributed by atoms with Gasteiger partial charge in [-0.2, -0.15) is 0 Å². The van der Waals surface area contributed by atoms with E-state index in [-0.39, 0.29) is 18.6 Å². The lowest BCUT2D eigenvalue weighted by Gasteiger charge is -2.26. The van der Waals surface area contributed by atoms with Gasteiger partial charge in [-0.1, -0.05) is 0 Å². The minimum absolute atomic E-state index is 0.0870. The second-order valence-electron chi connectivity index (χ2n) is 5.20. The van der Waals surface area contributed by atoms with Gasteiger partial charge in [-0.15, -0.1) is 0 Å². The summed E-state index contributed by atoms with van der Waals surface area (Å²) in [4.78, 5) is 26.8. The van der Waals surface area contributed by atoms with E-state index < -0.39 is 11.9 Å². The van der Waals surface area contributed by atoms with Crippen LogP contribution >= 0.6 is 0 Å². The summed E-state index contributed by atoms with van der Waals surface area (Å²) in [6, 6.07) is -0.0870. The predicted molar refractivity (Wildman–Crippen MR) is 75.5 cm³/mol. The van der Waals surface area contributed by atoms with Crippen LogP contribution in [-0.2, 0) is 14.3 Å². The van der Waals surface area contributed by atoms with Gasteiger partial charge in [0.25, 0.3) is 0 Å². The van der Waals surface area contributed by atoms with Crippen LogP contribution in [0.15, 0.2) is 0 Å². The first-order valence-corrected chi connectivity index (χ1v) is 7.29. The Labute approximate surface area is 120 Å². The zero-order chi connectivity index (χ0) is 15.1. The molecule has 116 valence electrons. The Kier molecular flexibility index (Phi) is 6.95. The molecule has 1 aliphatic rings. The van der Waals surface area contributed by atoms with Crippen molar-refractivity contribution in [1.29, 1.82) is 0 Å². The molecular weight excluding hydrogens is 260 g/mol. The summed E-state index contributed by atoms with van der Waals surface area (Å²) in [5.74, 6) is -1.10. The number of amides is 1. The molecule has 0 aromatic carbocycles. The van der Waals surface area contributed by atoms with E-state index in [1.807, 2.05) is 30.7 Å². The molecule has 0 aromatic heterocycles. The quantitative estimate of drug-likeness (QED) is 0.710. The number of carbonyl (C=O) groups is 2. The SMILES string of the molecule is CCN(CC)C(=O)CCCN(C)C1COCC1C(=O)O. The van der Waals surface area contributed by atoms with Crippen LogP contribution in [0.1, 0.15) is 26.7 Å². The van der Waals surface area contributed by atoms with Crippen LogP contribution in [0.4, 0.5) is 0 Å². The largest absolute Gasteiger partial charge is 0.481 e. The first-order chi connectivity index (χ1) is 9.51. The molecule has 1 N–H and O–H groups in total. The molecule has 0 spiro atoms. The fourth-order valence-corrected chi connectivity index (χ4v) is 2.59. The molecule has 2 unspecified atom stereocenters. The summed E-state index contributed by atoms with van der Waals surface area (Å²) in [6.45, 7) is 6.87. The highest BCUT2D eigenvalue weighted by Gasteiger charge is 2.36. The second-order valence-corrected chi connectivity index (χ2v) is 5.20.